The maximum atomic E-state index is 12.9. The first-order chi connectivity index (χ1) is 13.9. The molecule has 1 fully saturated rings. The van der Waals surface area contributed by atoms with Crippen molar-refractivity contribution in [1.29, 1.82) is 0 Å². The highest BCUT2D eigenvalue weighted by Crippen LogP contribution is 2.31. The Labute approximate surface area is 179 Å². The number of nitrogens with zero attached hydrogens (tertiary/aromatic N) is 1. The van der Waals surface area contributed by atoms with Gasteiger partial charge in [0, 0.05) is 24.1 Å². The third kappa shape index (κ3) is 5.29. The normalized spacial score (nSPS) is 18.8. The lowest BCUT2D eigenvalue weighted by Crippen LogP contribution is -2.52. The number of nitrogens with one attached hydrogen (secondary N) is 2. The average molecular weight is 460 g/mol. The highest BCUT2D eigenvalue weighted by Gasteiger charge is 2.39. The van der Waals surface area contributed by atoms with Crippen LogP contribution in [0.2, 0.25) is 0 Å². The van der Waals surface area contributed by atoms with Crippen molar-refractivity contribution in [3.63, 3.8) is 0 Å². The molecular formula is C22H26BrN3O3. The van der Waals surface area contributed by atoms with E-state index in [4.69, 9.17) is 4.74 Å². The molecule has 2 N–H and O–H groups in total. The number of carbonyl (C=O) groups excluding carboxylic acids is 2. The monoisotopic (exact) mass is 459 g/mol. The van der Waals surface area contributed by atoms with E-state index < -0.39 is 5.41 Å². The largest absolute Gasteiger partial charge is 0.497 e. The van der Waals surface area contributed by atoms with Crippen molar-refractivity contribution < 1.29 is 14.3 Å². The van der Waals surface area contributed by atoms with Gasteiger partial charge in [0.15, 0.2) is 0 Å². The van der Waals surface area contributed by atoms with Crippen LogP contribution < -0.4 is 15.4 Å². The van der Waals surface area contributed by atoms with Crippen molar-refractivity contribution in [2.45, 2.75) is 26.3 Å². The second-order valence-electron chi connectivity index (χ2n) is 7.53. The van der Waals surface area contributed by atoms with Crippen LogP contribution in [0.4, 0.5) is 10.5 Å². The Morgan fingerprint density at radius 3 is 2.76 bits per heavy atom. The SMILES string of the molecule is COc1cccc(CNC(=O)[C@]2(C)CCCN(C(=O)Nc3ccccc3Br)C2)c1. The number of methoxy groups -OCH3 is 1. The number of hydrogen-bond acceptors (Lipinski definition) is 3. The number of halogens is 1. The van der Waals surface area contributed by atoms with Gasteiger partial charge in [-0.3, -0.25) is 4.79 Å². The molecule has 7 heteroatoms. The topological polar surface area (TPSA) is 70.7 Å². The van der Waals surface area contributed by atoms with Crippen LogP contribution in [0.5, 0.6) is 5.75 Å². The van der Waals surface area contributed by atoms with Crippen molar-refractivity contribution in [3.8, 4) is 5.75 Å². The summed E-state index contributed by atoms with van der Waals surface area (Å²) in [5.41, 5.74) is 1.07. The van der Waals surface area contributed by atoms with Crippen LogP contribution in [0.25, 0.3) is 0 Å². The Morgan fingerprint density at radius 2 is 2.00 bits per heavy atom. The van der Waals surface area contributed by atoms with E-state index in [0.29, 0.717) is 25.3 Å². The van der Waals surface area contributed by atoms with Gasteiger partial charge >= 0.3 is 6.03 Å². The number of benzene rings is 2. The Balaban J connectivity index is 1.60. The number of hydrogen-bond donors (Lipinski definition) is 2. The van der Waals surface area contributed by atoms with Gasteiger partial charge in [-0.1, -0.05) is 24.3 Å². The van der Waals surface area contributed by atoms with Crippen LogP contribution in [0, 0.1) is 5.41 Å². The van der Waals surface area contributed by atoms with Gasteiger partial charge in [0.1, 0.15) is 5.75 Å². The molecule has 6 nitrogen and oxygen atoms in total. The lowest BCUT2D eigenvalue weighted by Gasteiger charge is -2.39. The summed E-state index contributed by atoms with van der Waals surface area (Å²) in [4.78, 5) is 27.4. The molecule has 1 aliphatic rings. The third-order valence-corrected chi connectivity index (χ3v) is 5.93. The molecule has 3 amide bonds. The molecule has 0 saturated carbocycles. The Kier molecular flexibility index (Phi) is 6.79. The first-order valence-electron chi connectivity index (χ1n) is 9.63. The molecule has 0 radical (unpaired) electrons. The third-order valence-electron chi connectivity index (χ3n) is 5.23. The van der Waals surface area contributed by atoms with Crippen molar-refractivity contribution in [2.24, 2.45) is 5.41 Å². The number of amides is 3. The number of rotatable bonds is 5. The molecule has 1 aliphatic heterocycles. The van der Waals surface area contributed by atoms with Crippen molar-refractivity contribution in [2.75, 3.05) is 25.5 Å². The van der Waals surface area contributed by atoms with Crippen LogP contribution in [0.15, 0.2) is 53.0 Å². The predicted octanol–water partition coefficient (Wildman–Crippen LogP) is 4.41. The fraction of sp³-hybridized carbons (Fsp3) is 0.364. The van der Waals surface area contributed by atoms with Gasteiger partial charge in [0.25, 0.3) is 0 Å². The number of ether oxygens (including phenoxy) is 1. The minimum atomic E-state index is -0.623. The van der Waals surface area contributed by atoms with E-state index >= 15 is 0 Å². The minimum absolute atomic E-state index is 0.0429. The molecule has 0 spiro atoms. The second kappa shape index (κ2) is 9.31. The Bertz CT molecular complexity index is 889. The molecule has 0 unspecified atom stereocenters. The molecule has 3 rings (SSSR count). The molecule has 1 heterocycles. The zero-order chi connectivity index (χ0) is 20.9. The summed E-state index contributed by atoms with van der Waals surface area (Å²) >= 11 is 3.44. The first kappa shape index (κ1) is 21.2. The standard InChI is InChI=1S/C22H26BrN3O3/c1-22(20(27)24-14-16-7-5-8-17(13-16)29-2)11-6-12-26(15-22)21(28)25-19-10-4-3-9-18(19)23/h3-5,7-10,13H,6,11-12,14-15H2,1-2H3,(H,24,27)(H,25,28)/t22-/m1/s1. The van der Waals surface area contributed by atoms with Crippen LogP contribution >= 0.6 is 15.9 Å². The summed E-state index contributed by atoms with van der Waals surface area (Å²) < 4.78 is 6.05. The zero-order valence-corrected chi connectivity index (χ0v) is 18.3. The fourth-order valence-corrected chi connectivity index (χ4v) is 3.92. The van der Waals surface area contributed by atoms with E-state index in [0.717, 1.165) is 28.6 Å². The summed E-state index contributed by atoms with van der Waals surface area (Å²) in [7, 11) is 1.62. The van der Waals surface area contributed by atoms with Crippen LogP contribution in [0.3, 0.4) is 0 Å². The number of carbonyl (C=O) groups is 2. The molecule has 29 heavy (non-hydrogen) atoms. The maximum Gasteiger partial charge on any atom is 0.321 e. The summed E-state index contributed by atoms with van der Waals surface area (Å²) in [6.45, 7) is 3.36. The van der Waals surface area contributed by atoms with E-state index in [9.17, 15) is 9.59 Å². The summed E-state index contributed by atoms with van der Waals surface area (Å²) in [6.07, 6.45) is 1.53. The van der Waals surface area contributed by atoms with E-state index in [1.807, 2.05) is 55.5 Å². The highest BCUT2D eigenvalue weighted by atomic mass is 79.9. The predicted molar refractivity (Wildman–Crippen MR) is 117 cm³/mol. The van der Waals surface area contributed by atoms with Gasteiger partial charge in [-0.05, 0) is 65.5 Å². The van der Waals surface area contributed by atoms with Crippen LogP contribution in [-0.2, 0) is 11.3 Å². The van der Waals surface area contributed by atoms with Gasteiger partial charge in [-0.25, -0.2) is 4.79 Å². The maximum absolute atomic E-state index is 12.9. The average Bonchev–Trinajstić information content (AvgIpc) is 2.73. The molecule has 2 aromatic rings. The number of urea groups is 1. The van der Waals surface area contributed by atoms with Gasteiger partial charge in [-0.2, -0.15) is 0 Å². The van der Waals surface area contributed by atoms with Gasteiger partial charge < -0.3 is 20.3 Å². The summed E-state index contributed by atoms with van der Waals surface area (Å²) in [5.74, 6) is 0.717. The number of piperidine rings is 1. The fourth-order valence-electron chi connectivity index (χ4n) is 3.53. The lowest BCUT2D eigenvalue weighted by molar-refractivity contribution is -0.132. The van der Waals surface area contributed by atoms with E-state index in [-0.39, 0.29) is 11.9 Å². The quantitative estimate of drug-likeness (QED) is 0.695. The number of anilines is 1. The number of likely N-dealkylation sites (tertiary alicyclic amines) is 1. The van der Waals surface area contributed by atoms with Crippen LogP contribution in [0.1, 0.15) is 25.3 Å². The highest BCUT2D eigenvalue weighted by molar-refractivity contribution is 9.10. The lowest BCUT2D eigenvalue weighted by atomic mass is 9.81. The summed E-state index contributed by atoms with van der Waals surface area (Å²) in [6, 6.07) is 14.9. The Morgan fingerprint density at radius 1 is 1.21 bits per heavy atom. The molecular weight excluding hydrogens is 434 g/mol. The minimum Gasteiger partial charge on any atom is -0.497 e. The van der Waals surface area contributed by atoms with E-state index in [2.05, 4.69) is 26.6 Å². The summed E-state index contributed by atoms with van der Waals surface area (Å²) in [5, 5.41) is 5.94. The smallest absolute Gasteiger partial charge is 0.321 e. The first-order valence-corrected chi connectivity index (χ1v) is 10.4. The van der Waals surface area contributed by atoms with E-state index in [1.54, 1.807) is 12.0 Å². The molecule has 0 aliphatic carbocycles. The molecule has 1 saturated heterocycles. The van der Waals surface area contributed by atoms with Gasteiger partial charge in [-0.15, -0.1) is 0 Å². The zero-order valence-electron chi connectivity index (χ0n) is 16.7. The van der Waals surface area contributed by atoms with Crippen molar-refractivity contribution >= 4 is 33.6 Å². The molecule has 154 valence electrons. The molecule has 0 bridgehead atoms. The van der Waals surface area contributed by atoms with Gasteiger partial charge in [0.2, 0.25) is 5.91 Å². The molecule has 2 aromatic carbocycles. The van der Waals surface area contributed by atoms with E-state index in [1.165, 1.54) is 0 Å². The van der Waals surface area contributed by atoms with Crippen molar-refractivity contribution in [1.82, 2.24) is 10.2 Å². The van der Waals surface area contributed by atoms with Gasteiger partial charge in [0.05, 0.1) is 18.2 Å². The molecule has 1 atom stereocenters. The molecule has 0 aromatic heterocycles. The van der Waals surface area contributed by atoms with Crippen molar-refractivity contribution in [3.05, 3.63) is 58.6 Å². The Hall–Kier alpha value is -2.54. The second-order valence-corrected chi connectivity index (χ2v) is 8.38. The van der Waals surface area contributed by atoms with Crippen LogP contribution in [-0.4, -0.2) is 37.0 Å². The number of para-hydroxylation sites is 1.